The van der Waals surface area contributed by atoms with Crippen LogP contribution in [0.1, 0.15) is 18.9 Å². The van der Waals surface area contributed by atoms with Crippen LogP contribution >= 0.6 is 11.3 Å². The molecule has 1 heterocycles. The Morgan fingerprint density at radius 1 is 1.53 bits per heavy atom. The lowest BCUT2D eigenvalue weighted by Crippen LogP contribution is -2.34. The third-order valence-electron chi connectivity index (χ3n) is 2.87. The van der Waals surface area contributed by atoms with Gasteiger partial charge in [-0.05, 0) is 48.2 Å². The molecule has 0 saturated heterocycles. The highest BCUT2D eigenvalue weighted by Crippen LogP contribution is 2.15. The van der Waals surface area contributed by atoms with Gasteiger partial charge in [0.1, 0.15) is 0 Å². The average Bonchev–Trinajstić information content (AvgIpc) is 2.75. The number of nitrogens with one attached hydrogen (secondary N) is 1. The molecule has 1 N–H and O–H groups in total. The molecule has 86 valence electrons. The molecule has 0 radical (unpaired) electrons. The van der Waals surface area contributed by atoms with E-state index in [0.717, 1.165) is 19.4 Å². The molecule has 3 heteroatoms. The lowest BCUT2D eigenvalue weighted by Gasteiger charge is -2.23. The van der Waals surface area contributed by atoms with Crippen molar-refractivity contribution in [1.82, 2.24) is 5.32 Å². The Morgan fingerprint density at radius 2 is 2.33 bits per heavy atom. The highest BCUT2D eigenvalue weighted by Gasteiger charge is 2.15. The van der Waals surface area contributed by atoms with Crippen LogP contribution in [0.5, 0.6) is 0 Å². The Morgan fingerprint density at radius 3 is 2.87 bits per heavy atom. The van der Waals surface area contributed by atoms with E-state index in [0.29, 0.717) is 12.0 Å². The maximum atomic E-state index is 5.12. The minimum Gasteiger partial charge on any atom is -0.385 e. The molecule has 2 unspecified atom stereocenters. The van der Waals surface area contributed by atoms with E-state index < -0.39 is 0 Å². The second kappa shape index (κ2) is 6.99. The molecule has 0 aromatic carbocycles. The van der Waals surface area contributed by atoms with Gasteiger partial charge in [-0.25, -0.2) is 0 Å². The first-order valence-electron chi connectivity index (χ1n) is 5.45. The van der Waals surface area contributed by atoms with Crippen LogP contribution in [0.2, 0.25) is 0 Å². The number of hydrogen-bond donors (Lipinski definition) is 1. The van der Waals surface area contributed by atoms with E-state index in [1.54, 1.807) is 18.4 Å². The Balaban J connectivity index is 2.40. The largest absolute Gasteiger partial charge is 0.385 e. The SMILES string of the molecule is CNC(Cc1ccsc1)C(C)CCOC. The van der Waals surface area contributed by atoms with E-state index >= 15 is 0 Å². The van der Waals surface area contributed by atoms with E-state index in [1.165, 1.54) is 5.56 Å². The van der Waals surface area contributed by atoms with Gasteiger partial charge in [0, 0.05) is 19.8 Å². The molecular weight excluding hydrogens is 206 g/mol. The Hall–Kier alpha value is -0.380. The molecule has 0 fully saturated rings. The molecular formula is C12H21NOS. The monoisotopic (exact) mass is 227 g/mol. The summed E-state index contributed by atoms with van der Waals surface area (Å²) in [6.07, 6.45) is 2.23. The number of hydrogen-bond acceptors (Lipinski definition) is 3. The smallest absolute Gasteiger partial charge is 0.0465 e. The van der Waals surface area contributed by atoms with Gasteiger partial charge in [-0.3, -0.25) is 0 Å². The van der Waals surface area contributed by atoms with Gasteiger partial charge in [0.05, 0.1) is 0 Å². The second-order valence-electron chi connectivity index (χ2n) is 3.99. The van der Waals surface area contributed by atoms with E-state index in [-0.39, 0.29) is 0 Å². The van der Waals surface area contributed by atoms with Gasteiger partial charge in [-0.15, -0.1) is 0 Å². The summed E-state index contributed by atoms with van der Waals surface area (Å²) in [4.78, 5) is 0. The molecule has 0 saturated carbocycles. The van der Waals surface area contributed by atoms with Gasteiger partial charge < -0.3 is 10.1 Å². The van der Waals surface area contributed by atoms with Crippen molar-refractivity contribution < 1.29 is 4.74 Å². The van der Waals surface area contributed by atoms with Crippen LogP contribution in [0.15, 0.2) is 16.8 Å². The molecule has 0 bridgehead atoms. The summed E-state index contributed by atoms with van der Waals surface area (Å²) in [5.74, 6) is 0.648. The number of methoxy groups -OCH3 is 1. The van der Waals surface area contributed by atoms with Crippen molar-refractivity contribution in [2.45, 2.75) is 25.8 Å². The topological polar surface area (TPSA) is 21.3 Å². The van der Waals surface area contributed by atoms with E-state index in [1.807, 2.05) is 7.05 Å². The molecule has 1 aromatic heterocycles. The van der Waals surface area contributed by atoms with Gasteiger partial charge in [-0.2, -0.15) is 11.3 Å². The van der Waals surface area contributed by atoms with Gasteiger partial charge in [0.25, 0.3) is 0 Å². The first-order chi connectivity index (χ1) is 7.27. The first kappa shape index (κ1) is 12.7. The summed E-state index contributed by atoms with van der Waals surface area (Å²) in [6, 6.07) is 2.76. The van der Waals surface area contributed by atoms with E-state index in [4.69, 9.17) is 4.74 Å². The molecule has 15 heavy (non-hydrogen) atoms. The molecule has 1 aromatic rings. The van der Waals surface area contributed by atoms with Crippen LogP contribution in [0, 0.1) is 5.92 Å². The highest BCUT2D eigenvalue weighted by molar-refractivity contribution is 7.07. The summed E-state index contributed by atoms with van der Waals surface area (Å²) in [5.41, 5.74) is 1.43. The Bertz CT molecular complexity index is 248. The minimum atomic E-state index is 0.551. The highest BCUT2D eigenvalue weighted by atomic mass is 32.1. The molecule has 0 aliphatic carbocycles. The fourth-order valence-corrected chi connectivity index (χ4v) is 2.44. The van der Waals surface area contributed by atoms with Crippen LogP contribution in [0.25, 0.3) is 0 Å². The van der Waals surface area contributed by atoms with Crippen LogP contribution < -0.4 is 5.32 Å². The quantitative estimate of drug-likeness (QED) is 0.773. The zero-order chi connectivity index (χ0) is 11.1. The van der Waals surface area contributed by atoms with Crippen molar-refractivity contribution >= 4 is 11.3 Å². The van der Waals surface area contributed by atoms with Crippen LogP contribution in [0.3, 0.4) is 0 Å². The predicted molar refractivity (Wildman–Crippen MR) is 66.5 cm³/mol. The predicted octanol–water partition coefficient (Wildman–Crippen LogP) is 2.55. The minimum absolute atomic E-state index is 0.551. The number of thiophene rings is 1. The van der Waals surface area contributed by atoms with Gasteiger partial charge >= 0.3 is 0 Å². The molecule has 2 atom stereocenters. The fraction of sp³-hybridized carbons (Fsp3) is 0.667. The summed E-state index contributed by atoms with van der Waals surface area (Å²) in [7, 11) is 3.81. The number of rotatable bonds is 7. The average molecular weight is 227 g/mol. The zero-order valence-electron chi connectivity index (χ0n) is 9.82. The standard InChI is InChI=1S/C12H21NOS/c1-10(4-6-14-3)12(13-2)8-11-5-7-15-9-11/h5,7,9-10,12-13H,4,6,8H2,1-3H3. The van der Waals surface area contributed by atoms with Crippen LogP contribution in [0.4, 0.5) is 0 Å². The summed E-state index contributed by atoms with van der Waals surface area (Å²) in [5, 5.41) is 7.77. The Kier molecular flexibility index (Phi) is 5.91. The maximum Gasteiger partial charge on any atom is 0.0465 e. The van der Waals surface area contributed by atoms with Crippen LogP contribution in [-0.4, -0.2) is 26.8 Å². The molecule has 1 rings (SSSR count). The lowest BCUT2D eigenvalue weighted by molar-refractivity contribution is 0.171. The molecule has 0 amide bonds. The first-order valence-corrected chi connectivity index (χ1v) is 6.39. The molecule has 2 nitrogen and oxygen atoms in total. The zero-order valence-corrected chi connectivity index (χ0v) is 10.6. The van der Waals surface area contributed by atoms with E-state index in [2.05, 4.69) is 29.1 Å². The number of ether oxygens (including phenoxy) is 1. The summed E-state index contributed by atoms with van der Waals surface area (Å²) >= 11 is 1.77. The van der Waals surface area contributed by atoms with Crippen molar-refractivity contribution in [3.05, 3.63) is 22.4 Å². The van der Waals surface area contributed by atoms with Crippen molar-refractivity contribution in [3.63, 3.8) is 0 Å². The van der Waals surface area contributed by atoms with Crippen molar-refractivity contribution in [2.24, 2.45) is 5.92 Å². The summed E-state index contributed by atoms with van der Waals surface area (Å²) in [6.45, 7) is 3.13. The lowest BCUT2D eigenvalue weighted by atomic mass is 9.94. The van der Waals surface area contributed by atoms with Crippen molar-refractivity contribution in [1.29, 1.82) is 0 Å². The molecule has 0 aliphatic rings. The van der Waals surface area contributed by atoms with Crippen LogP contribution in [-0.2, 0) is 11.2 Å². The van der Waals surface area contributed by atoms with Crippen molar-refractivity contribution in [2.75, 3.05) is 20.8 Å². The maximum absolute atomic E-state index is 5.12. The normalized spacial score (nSPS) is 15.1. The molecule has 0 spiro atoms. The molecule has 0 aliphatic heterocycles. The Labute approximate surface area is 96.7 Å². The fourth-order valence-electron chi connectivity index (χ4n) is 1.76. The van der Waals surface area contributed by atoms with Gasteiger partial charge in [0.2, 0.25) is 0 Å². The summed E-state index contributed by atoms with van der Waals surface area (Å²) < 4.78 is 5.12. The van der Waals surface area contributed by atoms with E-state index in [9.17, 15) is 0 Å². The third kappa shape index (κ3) is 4.33. The third-order valence-corrected chi connectivity index (χ3v) is 3.60. The second-order valence-corrected chi connectivity index (χ2v) is 4.77. The van der Waals surface area contributed by atoms with Gasteiger partial charge in [0.15, 0.2) is 0 Å². The van der Waals surface area contributed by atoms with Gasteiger partial charge in [-0.1, -0.05) is 6.92 Å². The number of likely N-dealkylation sites (N-methyl/N-ethyl adjacent to an activating group) is 1. The van der Waals surface area contributed by atoms with Crippen molar-refractivity contribution in [3.8, 4) is 0 Å².